The molecule has 2 aliphatic heterocycles. The third-order valence-electron chi connectivity index (χ3n) is 2.84. The van der Waals surface area contributed by atoms with E-state index in [0.717, 1.165) is 0 Å². The monoisotopic (exact) mass is 296 g/mol. The van der Waals surface area contributed by atoms with Gasteiger partial charge in [0, 0.05) is 12.4 Å². The predicted octanol–water partition coefficient (Wildman–Crippen LogP) is 0.634. The van der Waals surface area contributed by atoms with Gasteiger partial charge >= 0.3 is 0 Å². The number of rotatable bonds is 2. The first-order valence-corrected chi connectivity index (χ1v) is 6.38. The minimum Gasteiger partial charge on any atom is -0.385 e. The van der Waals surface area contributed by atoms with Crippen LogP contribution in [0.3, 0.4) is 0 Å². The third-order valence-corrected chi connectivity index (χ3v) is 3.48. The number of methoxy groups -OCH3 is 1. The molecule has 16 heavy (non-hydrogen) atoms. The Hall–Kier alpha value is 0.280. The van der Waals surface area contributed by atoms with Crippen molar-refractivity contribution in [3.8, 4) is 0 Å². The first-order chi connectivity index (χ1) is 7.48. The number of ether oxygens (including phenoxy) is 4. The molecule has 6 heteroatoms. The van der Waals surface area contributed by atoms with Crippen LogP contribution in [0.25, 0.3) is 0 Å². The predicted molar refractivity (Wildman–Crippen MR) is 59.3 cm³/mol. The van der Waals surface area contributed by atoms with Gasteiger partial charge in [0.1, 0.15) is 18.3 Å². The van der Waals surface area contributed by atoms with Crippen LogP contribution in [0.2, 0.25) is 0 Å². The van der Waals surface area contributed by atoms with Crippen molar-refractivity contribution in [1.82, 2.24) is 0 Å². The topological polar surface area (TPSA) is 57.2 Å². The summed E-state index contributed by atoms with van der Waals surface area (Å²) in [5.74, 6) is -0.692. The Morgan fingerprint density at radius 2 is 1.94 bits per heavy atom. The van der Waals surface area contributed by atoms with E-state index in [4.69, 9.17) is 18.9 Å². The van der Waals surface area contributed by atoms with Gasteiger partial charge in [-0.2, -0.15) is 0 Å². The van der Waals surface area contributed by atoms with Crippen molar-refractivity contribution < 1.29 is 24.1 Å². The molecule has 0 aliphatic carbocycles. The van der Waals surface area contributed by atoms with Crippen molar-refractivity contribution in [3.05, 3.63) is 0 Å². The molecule has 2 fully saturated rings. The van der Waals surface area contributed by atoms with E-state index in [1.807, 2.05) is 13.8 Å². The van der Waals surface area contributed by atoms with Gasteiger partial charge in [0.25, 0.3) is 0 Å². The maximum absolute atomic E-state index is 10.0. The van der Waals surface area contributed by atoms with Crippen LogP contribution in [0.5, 0.6) is 0 Å². The van der Waals surface area contributed by atoms with Crippen molar-refractivity contribution in [2.24, 2.45) is 0 Å². The number of hydrogen-bond donors (Lipinski definition) is 1. The quantitative estimate of drug-likeness (QED) is 0.758. The zero-order valence-electron chi connectivity index (χ0n) is 9.55. The lowest BCUT2D eigenvalue weighted by atomic mass is 10.0. The van der Waals surface area contributed by atoms with Crippen LogP contribution in [0.4, 0.5) is 0 Å². The van der Waals surface area contributed by atoms with Crippen LogP contribution in [0, 0.1) is 0 Å². The number of fused-ring (bicyclic) bond motifs is 1. The highest BCUT2D eigenvalue weighted by Gasteiger charge is 2.54. The molecule has 0 amide bonds. The largest absolute Gasteiger partial charge is 0.385 e. The van der Waals surface area contributed by atoms with Crippen molar-refractivity contribution in [2.75, 3.05) is 12.4 Å². The summed E-state index contributed by atoms with van der Waals surface area (Å²) in [6, 6.07) is 0. The molecule has 0 spiro atoms. The minimum atomic E-state index is -0.827. The Balaban J connectivity index is 2.18. The molecule has 5 atom stereocenters. The molecule has 0 saturated carbocycles. The van der Waals surface area contributed by atoms with Gasteiger partial charge in [0.05, 0.1) is 6.10 Å². The van der Waals surface area contributed by atoms with E-state index in [1.54, 1.807) is 0 Å². The Bertz CT molecular complexity index is 260. The second kappa shape index (κ2) is 4.51. The molecule has 2 heterocycles. The molecule has 94 valence electrons. The van der Waals surface area contributed by atoms with Crippen molar-refractivity contribution in [1.29, 1.82) is 0 Å². The van der Waals surface area contributed by atoms with E-state index < -0.39 is 24.3 Å². The summed E-state index contributed by atoms with van der Waals surface area (Å²) in [5, 5.41) is 10.6. The molecule has 0 aromatic heterocycles. The Morgan fingerprint density at radius 3 is 2.50 bits per heavy atom. The maximum atomic E-state index is 10.0. The molecular formula is C10H17BrO5. The number of aliphatic hydroxyl groups excluding tert-OH is 1. The van der Waals surface area contributed by atoms with Gasteiger partial charge in [-0.1, -0.05) is 15.9 Å². The number of aliphatic hydroxyl groups is 1. The van der Waals surface area contributed by atoms with Crippen molar-refractivity contribution >= 4 is 15.9 Å². The van der Waals surface area contributed by atoms with Gasteiger partial charge in [0.2, 0.25) is 0 Å². The van der Waals surface area contributed by atoms with Crippen LogP contribution >= 0.6 is 15.9 Å². The summed E-state index contributed by atoms with van der Waals surface area (Å²) in [6.45, 7) is 3.65. The summed E-state index contributed by atoms with van der Waals surface area (Å²) in [6.07, 6.45) is -2.35. The minimum absolute atomic E-state index is 0.180. The second-order valence-corrected chi connectivity index (χ2v) is 5.14. The van der Waals surface area contributed by atoms with Gasteiger partial charge in [-0.05, 0) is 13.8 Å². The zero-order chi connectivity index (χ0) is 11.9. The second-order valence-electron chi connectivity index (χ2n) is 4.49. The lowest BCUT2D eigenvalue weighted by molar-refractivity contribution is -0.264. The summed E-state index contributed by atoms with van der Waals surface area (Å²) < 4.78 is 22.1. The van der Waals surface area contributed by atoms with Crippen LogP contribution < -0.4 is 0 Å². The highest BCUT2D eigenvalue weighted by atomic mass is 79.9. The lowest BCUT2D eigenvalue weighted by Gasteiger charge is -2.38. The van der Waals surface area contributed by atoms with Crippen LogP contribution in [-0.4, -0.2) is 54.0 Å². The SMILES string of the molecule is CO[C@@H]1O[C@H](CBr)[C@@H]2OC(C)(C)O[C@@H]2[C@H]1O. The van der Waals surface area contributed by atoms with Gasteiger partial charge in [0.15, 0.2) is 12.1 Å². The van der Waals surface area contributed by atoms with Crippen molar-refractivity contribution in [3.63, 3.8) is 0 Å². The van der Waals surface area contributed by atoms with E-state index in [-0.39, 0.29) is 12.2 Å². The molecule has 2 rings (SSSR count). The number of alkyl halides is 1. The summed E-state index contributed by atoms with van der Waals surface area (Å²) >= 11 is 3.36. The van der Waals surface area contributed by atoms with Gasteiger partial charge in [-0.25, -0.2) is 0 Å². The fourth-order valence-electron chi connectivity index (χ4n) is 2.17. The summed E-state index contributed by atoms with van der Waals surface area (Å²) in [4.78, 5) is 0. The first kappa shape index (κ1) is 12.7. The molecule has 0 unspecified atom stereocenters. The van der Waals surface area contributed by atoms with Crippen molar-refractivity contribution in [2.45, 2.75) is 50.3 Å². The van der Waals surface area contributed by atoms with E-state index in [0.29, 0.717) is 5.33 Å². The molecule has 5 nitrogen and oxygen atoms in total. The van der Waals surface area contributed by atoms with Crippen LogP contribution in [0.1, 0.15) is 13.8 Å². The lowest BCUT2D eigenvalue weighted by Crippen LogP contribution is -2.57. The third kappa shape index (κ3) is 2.14. The van der Waals surface area contributed by atoms with Crippen LogP contribution in [-0.2, 0) is 18.9 Å². The van der Waals surface area contributed by atoms with E-state index in [1.165, 1.54) is 7.11 Å². The van der Waals surface area contributed by atoms with Crippen LogP contribution in [0.15, 0.2) is 0 Å². The molecule has 0 aromatic carbocycles. The fourth-order valence-corrected chi connectivity index (χ4v) is 2.69. The Labute approximate surface area is 103 Å². The van der Waals surface area contributed by atoms with E-state index in [2.05, 4.69) is 15.9 Å². The molecule has 1 N–H and O–H groups in total. The standard InChI is InChI=1S/C10H17BrO5/c1-10(2)15-7-5(4-11)14-9(13-3)6(12)8(7)16-10/h5-9,12H,4H2,1-3H3/t5-,6-,7+,8-,9-/m1/s1. The zero-order valence-corrected chi connectivity index (χ0v) is 11.1. The van der Waals surface area contributed by atoms with E-state index >= 15 is 0 Å². The van der Waals surface area contributed by atoms with Gasteiger partial charge in [-0.3, -0.25) is 0 Å². The molecule has 0 bridgehead atoms. The molecule has 0 aromatic rings. The Kier molecular flexibility index (Phi) is 3.59. The number of hydrogen-bond acceptors (Lipinski definition) is 5. The average Bonchev–Trinajstić information content (AvgIpc) is 2.55. The fraction of sp³-hybridized carbons (Fsp3) is 1.00. The first-order valence-electron chi connectivity index (χ1n) is 5.26. The number of halogens is 1. The Morgan fingerprint density at radius 1 is 1.31 bits per heavy atom. The molecule has 0 radical (unpaired) electrons. The van der Waals surface area contributed by atoms with Gasteiger partial charge in [-0.15, -0.1) is 0 Å². The van der Waals surface area contributed by atoms with E-state index in [9.17, 15) is 5.11 Å². The highest BCUT2D eigenvalue weighted by molar-refractivity contribution is 9.09. The molecule has 2 saturated heterocycles. The smallest absolute Gasteiger partial charge is 0.186 e. The normalized spacial score (nSPS) is 46.7. The maximum Gasteiger partial charge on any atom is 0.186 e. The van der Waals surface area contributed by atoms with Gasteiger partial charge < -0.3 is 24.1 Å². The molecular weight excluding hydrogens is 280 g/mol. The average molecular weight is 297 g/mol. The summed E-state index contributed by atoms with van der Waals surface area (Å²) in [7, 11) is 1.50. The molecule has 2 aliphatic rings. The highest BCUT2D eigenvalue weighted by Crippen LogP contribution is 2.37. The summed E-state index contributed by atoms with van der Waals surface area (Å²) in [5.41, 5.74) is 0.